The molecule has 0 saturated heterocycles. The Morgan fingerprint density at radius 1 is 0.714 bits per heavy atom. The lowest BCUT2D eigenvalue weighted by Gasteiger charge is -2.27. The SMILES string of the molecule is CC(C)CP(=S)(CC(C)C)CC(C)C. The molecule has 0 fully saturated rings. The van der Waals surface area contributed by atoms with Crippen LogP contribution in [0.3, 0.4) is 0 Å². The lowest BCUT2D eigenvalue weighted by Crippen LogP contribution is -2.11. The average Bonchev–Trinajstić information content (AvgIpc) is 1.76. The van der Waals surface area contributed by atoms with Gasteiger partial charge in [0.25, 0.3) is 0 Å². The van der Waals surface area contributed by atoms with E-state index in [0.29, 0.717) is 0 Å². The van der Waals surface area contributed by atoms with Crippen LogP contribution in [0.15, 0.2) is 0 Å². The second-order valence-electron chi connectivity index (χ2n) is 5.79. The summed E-state index contributed by atoms with van der Waals surface area (Å²) >= 11 is 5.94. The summed E-state index contributed by atoms with van der Waals surface area (Å²) in [5, 5.41) is 0. The van der Waals surface area contributed by atoms with Crippen molar-refractivity contribution < 1.29 is 0 Å². The predicted molar refractivity (Wildman–Crippen MR) is 73.4 cm³/mol. The molecule has 0 aliphatic heterocycles. The second-order valence-corrected chi connectivity index (χ2v) is 11.3. The Kier molecular flexibility index (Phi) is 6.57. The minimum Gasteiger partial charge on any atom is -0.0975 e. The summed E-state index contributed by atoms with van der Waals surface area (Å²) in [6, 6.07) is -1.05. The van der Waals surface area contributed by atoms with Crippen LogP contribution in [0.4, 0.5) is 0 Å². The van der Waals surface area contributed by atoms with Crippen molar-refractivity contribution in [3.8, 4) is 0 Å². The summed E-state index contributed by atoms with van der Waals surface area (Å²) in [5.74, 6) is 2.33. The zero-order valence-corrected chi connectivity index (χ0v) is 12.4. The maximum absolute atomic E-state index is 5.94. The average molecular weight is 234 g/mol. The van der Waals surface area contributed by atoms with E-state index in [1.807, 2.05) is 0 Å². The number of rotatable bonds is 6. The smallest absolute Gasteiger partial charge is 0.0211 e. The molecule has 0 aliphatic rings. The Morgan fingerprint density at radius 3 is 1.07 bits per heavy atom. The van der Waals surface area contributed by atoms with Gasteiger partial charge in [-0.25, -0.2) is 0 Å². The lowest BCUT2D eigenvalue weighted by molar-refractivity contribution is 0.694. The van der Waals surface area contributed by atoms with Gasteiger partial charge in [0.2, 0.25) is 0 Å². The van der Waals surface area contributed by atoms with Gasteiger partial charge >= 0.3 is 0 Å². The van der Waals surface area contributed by atoms with Crippen LogP contribution in [0, 0.1) is 17.8 Å². The Balaban J connectivity index is 4.41. The third-order valence-corrected chi connectivity index (χ3v) is 7.62. The number of hydrogen-bond acceptors (Lipinski definition) is 1. The largest absolute Gasteiger partial charge is 0.0975 e. The molecule has 0 aliphatic carbocycles. The zero-order valence-electron chi connectivity index (χ0n) is 10.7. The quantitative estimate of drug-likeness (QED) is 0.612. The van der Waals surface area contributed by atoms with Gasteiger partial charge in [-0.05, 0) is 42.3 Å². The summed E-state index contributed by atoms with van der Waals surface area (Å²) in [7, 11) is 0. The molecule has 0 aromatic rings. The van der Waals surface area contributed by atoms with E-state index in [4.69, 9.17) is 11.8 Å². The van der Waals surface area contributed by atoms with Crippen LogP contribution in [0.25, 0.3) is 0 Å². The maximum atomic E-state index is 5.94. The van der Waals surface area contributed by atoms with E-state index in [1.165, 1.54) is 18.5 Å². The summed E-state index contributed by atoms with van der Waals surface area (Å²) in [5.41, 5.74) is 0. The van der Waals surface area contributed by atoms with Gasteiger partial charge in [0.1, 0.15) is 0 Å². The van der Waals surface area contributed by atoms with Crippen LogP contribution in [0.1, 0.15) is 41.5 Å². The third-order valence-electron chi connectivity index (χ3n) is 2.09. The molecular weight excluding hydrogens is 207 g/mol. The second kappa shape index (κ2) is 6.28. The highest BCUT2D eigenvalue weighted by Gasteiger charge is 2.21. The molecule has 0 aromatic carbocycles. The van der Waals surface area contributed by atoms with Gasteiger partial charge in [-0.15, -0.1) is 0 Å². The van der Waals surface area contributed by atoms with Gasteiger partial charge < -0.3 is 0 Å². The Morgan fingerprint density at radius 2 is 0.929 bits per heavy atom. The molecule has 0 saturated carbocycles. The van der Waals surface area contributed by atoms with Crippen molar-refractivity contribution >= 4 is 17.8 Å². The molecule has 0 atom stereocenters. The van der Waals surface area contributed by atoms with Gasteiger partial charge in [0, 0.05) is 0 Å². The molecule has 2 heteroatoms. The fourth-order valence-electron chi connectivity index (χ4n) is 2.22. The van der Waals surface area contributed by atoms with Crippen LogP contribution in [0.2, 0.25) is 0 Å². The summed E-state index contributed by atoms with van der Waals surface area (Å²) < 4.78 is 0. The van der Waals surface area contributed by atoms with E-state index in [2.05, 4.69) is 41.5 Å². The molecule has 0 rings (SSSR count). The van der Waals surface area contributed by atoms with Crippen LogP contribution >= 0.6 is 6.04 Å². The molecule has 0 aromatic heterocycles. The van der Waals surface area contributed by atoms with Crippen molar-refractivity contribution in [2.75, 3.05) is 18.5 Å². The van der Waals surface area contributed by atoms with Gasteiger partial charge in [-0.3, -0.25) is 0 Å². The molecule has 0 radical (unpaired) electrons. The van der Waals surface area contributed by atoms with Gasteiger partial charge in [0.05, 0.1) is 0 Å². The highest BCUT2D eigenvalue weighted by atomic mass is 32.4. The van der Waals surface area contributed by atoms with E-state index in [1.54, 1.807) is 0 Å². The van der Waals surface area contributed by atoms with Crippen LogP contribution in [0.5, 0.6) is 0 Å². The molecule has 0 unspecified atom stereocenters. The first-order chi connectivity index (χ1) is 6.25. The predicted octanol–water partition coefficient (Wildman–Crippen LogP) is 4.43. The van der Waals surface area contributed by atoms with Crippen molar-refractivity contribution in [2.24, 2.45) is 17.8 Å². The van der Waals surface area contributed by atoms with E-state index in [-0.39, 0.29) is 0 Å². The monoisotopic (exact) mass is 234 g/mol. The van der Waals surface area contributed by atoms with Crippen LogP contribution in [-0.2, 0) is 11.8 Å². The van der Waals surface area contributed by atoms with E-state index >= 15 is 0 Å². The van der Waals surface area contributed by atoms with Gasteiger partial charge in [-0.2, -0.15) is 0 Å². The van der Waals surface area contributed by atoms with E-state index < -0.39 is 6.04 Å². The molecule has 14 heavy (non-hydrogen) atoms. The molecule has 0 amide bonds. The first kappa shape index (κ1) is 14.6. The molecule has 0 heterocycles. The van der Waals surface area contributed by atoms with Crippen molar-refractivity contribution in [2.45, 2.75) is 41.5 Å². The van der Waals surface area contributed by atoms with Crippen molar-refractivity contribution in [1.29, 1.82) is 0 Å². The van der Waals surface area contributed by atoms with Crippen LogP contribution in [-0.4, -0.2) is 18.5 Å². The summed E-state index contributed by atoms with van der Waals surface area (Å²) in [6.45, 7) is 13.8. The van der Waals surface area contributed by atoms with E-state index in [9.17, 15) is 0 Å². The number of hydrogen-bond donors (Lipinski definition) is 0. The molecule has 0 nitrogen and oxygen atoms in total. The summed E-state index contributed by atoms with van der Waals surface area (Å²) in [6.07, 6.45) is 3.91. The van der Waals surface area contributed by atoms with Crippen LogP contribution < -0.4 is 0 Å². The Labute approximate surface area is 95.9 Å². The topological polar surface area (TPSA) is 0 Å². The normalized spacial score (nSPS) is 13.2. The van der Waals surface area contributed by atoms with Crippen molar-refractivity contribution in [1.82, 2.24) is 0 Å². The Hall–Kier alpha value is 0.650. The van der Waals surface area contributed by atoms with Crippen molar-refractivity contribution in [3.63, 3.8) is 0 Å². The fraction of sp³-hybridized carbons (Fsp3) is 1.00. The first-order valence-electron chi connectivity index (χ1n) is 5.82. The molecule has 0 bridgehead atoms. The molecular formula is C12H27PS. The fourth-order valence-corrected chi connectivity index (χ4v) is 9.34. The standard InChI is InChI=1S/C12H27PS/c1-10(2)7-13(14,8-11(3)4)9-12(5)6/h10-12H,7-9H2,1-6H3. The highest BCUT2D eigenvalue weighted by molar-refractivity contribution is 8.14. The van der Waals surface area contributed by atoms with E-state index in [0.717, 1.165) is 17.8 Å². The zero-order chi connectivity index (χ0) is 11.4. The molecule has 0 spiro atoms. The minimum atomic E-state index is -1.05. The maximum Gasteiger partial charge on any atom is -0.0211 e. The Bertz CT molecular complexity index is 161. The summed E-state index contributed by atoms with van der Waals surface area (Å²) in [4.78, 5) is 0. The highest BCUT2D eigenvalue weighted by Crippen LogP contribution is 2.50. The minimum absolute atomic E-state index is 0.776. The first-order valence-corrected chi connectivity index (χ1v) is 9.18. The van der Waals surface area contributed by atoms with Crippen molar-refractivity contribution in [3.05, 3.63) is 0 Å². The molecule has 86 valence electrons. The third kappa shape index (κ3) is 7.01. The van der Waals surface area contributed by atoms with Gasteiger partial charge in [-0.1, -0.05) is 53.3 Å². The molecule has 0 N–H and O–H groups in total. The lowest BCUT2D eigenvalue weighted by atomic mass is 10.3. The van der Waals surface area contributed by atoms with Gasteiger partial charge in [0.15, 0.2) is 0 Å².